The first-order chi connectivity index (χ1) is 11.5. The Morgan fingerprint density at radius 3 is 2.71 bits per heavy atom. The van der Waals surface area contributed by atoms with Crippen LogP contribution in [0.5, 0.6) is 0 Å². The van der Waals surface area contributed by atoms with Crippen molar-refractivity contribution >= 4 is 11.9 Å². The van der Waals surface area contributed by atoms with E-state index in [9.17, 15) is 9.59 Å². The minimum absolute atomic E-state index is 0.0147. The molecule has 1 heterocycles. The number of esters is 1. The van der Waals surface area contributed by atoms with Crippen LogP contribution in [-0.4, -0.2) is 29.9 Å². The number of rotatable bonds is 6. The quantitative estimate of drug-likeness (QED) is 0.594. The van der Waals surface area contributed by atoms with E-state index >= 15 is 0 Å². The molecule has 1 aliphatic rings. The summed E-state index contributed by atoms with van der Waals surface area (Å²) >= 11 is 0. The van der Waals surface area contributed by atoms with Gasteiger partial charge in [0.05, 0.1) is 5.57 Å². The molecule has 1 aromatic carbocycles. The predicted molar refractivity (Wildman–Crippen MR) is 94.3 cm³/mol. The second-order valence-electron chi connectivity index (χ2n) is 5.85. The third kappa shape index (κ3) is 3.65. The number of aryl methyl sites for hydroxylation is 1. The molecule has 0 fully saturated rings. The summed E-state index contributed by atoms with van der Waals surface area (Å²) in [5.41, 5.74) is 3.20. The van der Waals surface area contributed by atoms with Crippen molar-refractivity contribution in [2.75, 3.05) is 13.2 Å². The van der Waals surface area contributed by atoms with Crippen LogP contribution in [0.25, 0.3) is 0 Å². The van der Waals surface area contributed by atoms with E-state index in [2.05, 4.69) is 13.2 Å². The van der Waals surface area contributed by atoms with Crippen molar-refractivity contribution in [2.24, 2.45) is 0 Å². The van der Waals surface area contributed by atoms with Gasteiger partial charge in [-0.25, -0.2) is 4.79 Å². The molecule has 2 rings (SSSR count). The molecular formula is C20H23NO3. The number of ether oxygens (including phenoxy) is 1. The van der Waals surface area contributed by atoms with Gasteiger partial charge in [0, 0.05) is 24.6 Å². The fourth-order valence-electron chi connectivity index (χ4n) is 3.01. The lowest BCUT2D eigenvalue weighted by Crippen LogP contribution is -2.38. The van der Waals surface area contributed by atoms with Gasteiger partial charge in [0.25, 0.3) is 0 Å². The summed E-state index contributed by atoms with van der Waals surface area (Å²) in [6, 6.07) is 7.88. The Hall–Kier alpha value is -2.62. The average Bonchev–Trinajstić information content (AvgIpc) is 2.56. The summed E-state index contributed by atoms with van der Waals surface area (Å²) in [7, 11) is 0. The normalized spacial score (nSPS) is 17.7. The molecule has 0 N–H and O–H groups in total. The van der Waals surface area contributed by atoms with Crippen LogP contribution in [0, 0.1) is 6.92 Å². The van der Waals surface area contributed by atoms with Crippen molar-refractivity contribution < 1.29 is 14.3 Å². The highest BCUT2D eigenvalue weighted by molar-refractivity contribution is 5.96. The van der Waals surface area contributed by atoms with E-state index < -0.39 is 5.97 Å². The van der Waals surface area contributed by atoms with Crippen molar-refractivity contribution in [2.45, 2.75) is 26.2 Å². The molecular weight excluding hydrogens is 302 g/mol. The highest BCUT2D eigenvalue weighted by atomic mass is 16.5. The van der Waals surface area contributed by atoms with Gasteiger partial charge in [0.15, 0.2) is 0 Å². The molecule has 0 saturated carbocycles. The Morgan fingerprint density at radius 2 is 2.08 bits per heavy atom. The number of hydrogen-bond acceptors (Lipinski definition) is 3. The number of amides is 1. The maximum Gasteiger partial charge on any atom is 0.336 e. The Kier molecular flexibility index (Phi) is 5.74. The van der Waals surface area contributed by atoms with Gasteiger partial charge < -0.3 is 9.64 Å². The topological polar surface area (TPSA) is 46.6 Å². The number of allylic oxidation sites excluding steroid dienone is 1. The molecule has 1 atom stereocenters. The number of benzene rings is 1. The monoisotopic (exact) mass is 325 g/mol. The molecule has 1 unspecified atom stereocenters. The molecule has 1 aromatic rings. The van der Waals surface area contributed by atoms with E-state index in [4.69, 9.17) is 4.74 Å². The first-order valence-electron chi connectivity index (χ1n) is 7.96. The summed E-state index contributed by atoms with van der Waals surface area (Å²) in [5, 5.41) is 0. The maximum absolute atomic E-state index is 12.6. The highest BCUT2D eigenvalue weighted by Crippen LogP contribution is 2.37. The molecule has 1 amide bonds. The molecule has 0 saturated heterocycles. The average molecular weight is 325 g/mol. The van der Waals surface area contributed by atoms with Gasteiger partial charge in [0.2, 0.25) is 5.91 Å². The van der Waals surface area contributed by atoms with Crippen LogP contribution >= 0.6 is 0 Å². The number of hydrogen-bond donors (Lipinski definition) is 0. The van der Waals surface area contributed by atoms with Gasteiger partial charge in [-0.1, -0.05) is 48.6 Å². The Balaban J connectivity index is 2.51. The standard InChI is InChI=1S/C20H23NO3/c1-5-10-21-15(4)19(20(23)24-11-6-2)17(13-18(21)22)16-9-7-8-14(3)12-16/h5-9,12,17H,1-2,10-11,13H2,3-4H3. The van der Waals surface area contributed by atoms with E-state index in [1.165, 1.54) is 6.08 Å². The molecule has 4 nitrogen and oxygen atoms in total. The molecule has 24 heavy (non-hydrogen) atoms. The van der Waals surface area contributed by atoms with Crippen LogP contribution in [0.4, 0.5) is 0 Å². The predicted octanol–water partition coefficient (Wildman–Crippen LogP) is 3.50. The summed E-state index contributed by atoms with van der Waals surface area (Å²) in [6.45, 7) is 11.6. The van der Waals surface area contributed by atoms with E-state index in [1.54, 1.807) is 17.9 Å². The van der Waals surface area contributed by atoms with Crippen molar-refractivity contribution in [3.8, 4) is 0 Å². The van der Waals surface area contributed by atoms with Gasteiger partial charge in [-0.2, -0.15) is 0 Å². The van der Waals surface area contributed by atoms with E-state index in [1.807, 2.05) is 31.2 Å². The van der Waals surface area contributed by atoms with Crippen LogP contribution in [0.1, 0.15) is 30.4 Å². The fraction of sp³-hybridized carbons (Fsp3) is 0.300. The van der Waals surface area contributed by atoms with Gasteiger partial charge in [-0.15, -0.1) is 6.58 Å². The van der Waals surface area contributed by atoms with Crippen LogP contribution in [0.15, 0.2) is 60.8 Å². The second kappa shape index (κ2) is 7.77. The molecule has 0 spiro atoms. The molecule has 0 aromatic heterocycles. The largest absolute Gasteiger partial charge is 0.458 e. The Morgan fingerprint density at radius 1 is 1.33 bits per heavy atom. The minimum atomic E-state index is -0.402. The smallest absolute Gasteiger partial charge is 0.336 e. The van der Waals surface area contributed by atoms with E-state index in [0.717, 1.165) is 11.1 Å². The van der Waals surface area contributed by atoms with Crippen molar-refractivity contribution in [1.82, 2.24) is 4.90 Å². The molecule has 126 valence electrons. The first-order valence-corrected chi connectivity index (χ1v) is 7.96. The molecule has 4 heteroatoms. The summed E-state index contributed by atoms with van der Waals surface area (Å²) in [4.78, 5) is 26.7. The highest BCUT2D eigenvalue weighted by Gasteiger charge is 2.36. The van der Waals surface area contributed by atoms with Gasteiger partial charge >= 0.3 is 5.97 Å². The molecule has 0 radical (unpaired) electrons. The van der Waals surface area contributed by atoms with Gasteiger partial charge in [-0.05, 0) is 19.4 Å². The lowest BCUT2D eigenvalue weighted by Gasteiger charge is -2.34. The lowest BCUT2D eigenvalue weighted by molar-refractivity contribution is -0.139. The van der Waals surface area contributed by atoms with Crippen molar-refractivity contribution in [3.05, 3.63) is 72.0 Å². The van der Waals surface area contributed by atoms with Gasteiger partial charge in [0.1, 0.15) is 6.61 Å². The zero-order valence-corrected chi connectivity index (χ0v) is 14.2. The van der Waals surface area contributed by atoms with Crippen LogP contribution in [-0.2, 0) is 14.3 Å². The van der Waals surface area contributed by atoms with Crippen LogP contribution in [0.3, 0.4) is 0 Å². The second-order valence-corrected chi connectivity index (χ2v) is 5.85. The molecule has 0 aliphatic carbocycles. The van der Waals surface area contributed by atoms with Crippen LogP contribution in [0.2, 0.25) is 0 Å². The molecule has 1 aliphatic heterocycles. The third-order valence-electron chi connectivity index (χ3n) is 4.13. The minimum Gasteiger partial charge on any atom is -0.458 e. The fourth-order valence-corrected chi connectivity index (χ4v) is 3.01. The van der Waals surface area contributed by atoms with E-state index in [0.29, 0.717) is 17.8 Å². The molecule has 0 bridgehead atoms. The van der Waals surface area contributed by atoms with Crippen molar-refractivity contribution in [3.63, 3.8) is 0 Å². The summed E-state index contributed by atoms with van der Waals surface area (Å²) in [5.74, 6) is -0.713. The Bertz CT molecular complexity index is 703. The number of carbonyl (C=O) groups excluding carboxylic acids is 2. The zero-order valence-electron chi connectivity index (χ0n) is 14.2. The SMILES string of the molecule is C=CCOC(=O)C1=C(C)N(CC=C)C(=O)CC1c1cccc(C)c1. The maximum atomic E-state index is 12.6. The van der Waals surface area contributed by atoms with E-state index in [-0.39, 0.29) is 24.9 Å². The third-order valence-corrected chi connectivity index (χ3v) is 4.13. The Labute approximate surface area is 143 Å². The first kappa shape index (κ1) is 17.7. The number of nitrogens with zero attached hydrogens (tertiary/aromatic N) is 1. The number of carbonyl (C=O) groups is 2. The van der Waals surface area contributed by atoms with Crippen molar-refractivity contribution in [1.29, 1.82) is 0 Å². The zero-order chi connectivity index (χ0) is 17.7. The summed E-state index contributed by atoms with van der Waals surface area (Å²) in [6.07, 6.45) is 3.43. The summed E-state index contributed by atoms with van der Waals surface area (Å²) < 4.78 is 5.27. The van der Waals surface area contributed by atoms with Crippen LogP contribution < -0.4 is 0 Å². The van der Waals surface area contributed by atoms with Gasteiger partial charge in [-0.3, -0.25) is 4.79 Å². The lowest BCUT2D eigenvalue weighted by atomic mass is 9.83.